The van der Waals surface area contributed by atoms with Crippen molar-refractivity contribution in [3.63, 3.8) is 0 Å². The molecule has 0 radical (unpaired) electrons. The number of carbonyl (C=O) groups excluding carboxylic acids is 2. The van der Waals surface area contributed by atoms with E-state index in [1.54, 1.807) is 24.3 Å². The minimum absolute atomic E-state index is 0.222. The number of ether oxygens (including phenoxy) is 1. The highest BCUT2D eigenvalue weighted by atomic mass is 16.5. The summed E-state index contributed by atoms with van der Waals surface area (Å²) in [4.78, 5) is 30.5. The first kappa shape index (κ1) is 14.8. The molecule has 6 nitrogen and oxygen atoms in total. The molecule has 1 amide bonds. The number of fused-ring (bicyclic) bond motifs is 1. The van der Waals surface area contributed by atoms with Gasteiger partial charge in [0.05, 0.1) is 17.6 Å². The number of amides is 1. The fourth-order valence-corrected chi connectivity index (χ4v) is 2.20. The first-order valence-corrected chi connectivity index (χ1v) is 7.12. The van der Waals surface area contributed by atoms with E-state index < -0.39 is 5.97 Å². The number of hydrogen-bond acceptors (Lipinski definition) is 4. The lowest BCUT2D eigenvalue weighted by Gasteiger charge is -2.05. The van der Waals surface area contributed by atoms with Gasteiger partial charge in [-0.1, -0.05) is 12.1 Å². The van der Waals surface area contributed by atoms with E-state index in [-0.39, 0.29) is 5.91 Å². The van der Waals surface area contributed by atoms with Crippen LogP contribution in [0.25, 0.3) is 11.0 Å². The highest BCUT2D eigenvalue weighted by molar-refractivity contribution is 5.94. The quantitative estimate of drug-likeness (QED) is 0.572. The zero-order valence-corrected chi connectivity index (χ0v) is 12.5. The van der Waals surface area contributed by atoms with E-state index in [0.717, 1.165) is 11.0 Å². The number of para-hydroxylation sites is 2. The van der Waals surface area contributed by atoms with Crippen LogP contribution in [0.1, 0.15) is 23.1 Å². The summed E-state index contributed by atoms with van der Waals surface area (Å²) in [7, 11) is 0. The van der Waals surface area contributed by atoms with Crippen LogP contribution in [-0.2, 0) is 11.3 Å². The molecular weight excluding hydrogens is 294 g/mol. The van der Waals surface area contributed by atoms with Gasteiger partial charge in [0.1, 0.15) is 11.6 Å². The maximum atomic E-state index is 12.1. The number of carbonyl (C=O) groups is 2. The molecule has 3 rings (SSSR count). The number of hydrogen-bond donors (Lipinski definition) is 2. The van der Waals surface area contributed by atoms with E-state index in [0.29, 0.717) is 23.7 Å². The van der Waals surface area contributed by atoms with Crippen molar-refractivity contribution < 1.29 is 14.3 Å². The number of aromatic nitrogens is 2. The molecule has 0 atom stereocenters. The molecule has 1 heterocycles. The van der Waals surface area contributed by atoms with Crippen molar-refractivity contribution in [2.45, 2.75) is 13.5 Å². The summed E-state index contributed by atoms with van der Waals surface area (Å²) in [6, 6.07) is 14.0. The van der Waals surface area contributed by atoms with Crippen LogP contribution < -0.4 is 10.1 Å². The van der Waals surface area contributed by atoms with Gasteiger partial charge in [0.15, 0.2) is 0 Å². The van der Waals surface area contributed by atoms with Crippen LogP contribution in [0.4, 0.5) is 0 Å². The Hall–Kier alpha value is -3.15. The van der Waals surface area contributed by atoms with E-state index in [1.807, 2.05) is 24.3 Å². The summed E-state index contributed by atoms with van der Waals surface area (Å²) in [5.41, 5.74) is 2.28. The molecule has 1 aromatic heterocycles. The van der Waals surface area contributed by atoms with E-state index in [9.17, 15) is 9.59 Å². The summed E-state index contributed by atoms with van der Waals surface area (Å²) < 4.78 is 4.93. The molecule has 0 spiro atoms. The van der Waals surface area contributed by atoms with Crippen LogP contribution in [0.5, 0.6) is 5.75 Å². The lowest BCUT2D eigenvalue weighted by Crippen LogP contribution is -2.23. The zero-order valence-electron chi connectivity index (χ0n) is 12.5. The van der Waals surface area contributed by atoms with Gasteiger partial charge in [0.2, 0.25) is 0 Å². The van der Waals surface area contributed by atoms with Crippen molar-refractivity contribution >= 4 is 22.9 Å². The summed E-state index contributed by atoms with van der Waals surface area (Å²) in [6.45, 7) is 1.63. The first-order valence-electron chi connectivity index (χ1n) is 7.12. The number of esters is 1. The van der Waals surface area contributed by atoms with E-state index in [1.165, 1.54) is 6.92 Å². The lowest BCUT2D eigenvalue weighted by atomic mass is 10.2. The fourth-order valence-electron chi connectivity index (χ4n) is 2.20. The van der Waals surface area contributed by atoms with Crippen LogP contribution in [0.15, 0.2) is 48.5 Å². The Bertz CT molecular complexity index is 820. The van der Waals surface area contributed by atoms with Crippen molar-refractivity contribution in [3.8, 4) is 5.75 Å². The maximum Gasteiger partial charge on any atom is 0.308 e. The van der Waals surface area contributed by atoms with Gasteiger partial charge >= 0.3 is 5.97 Å². The number of imidazole rings is 1. The van der Waals surface area contributed by atoms with Gasteiger partial charge < -0.3 is 15.0 Å². The Morgan fingerprint density at radius 2 is 1.87 bits per heavy atom. The summed E-state index contributed by atoms with van der Waals surface area (Å²) in [6.07, 6.45) is 0. The molecule has 0 fully saturated rings. The number of aromatic amines is 1. The Morgan fingerprint density at radius 3 is 2.57 bits per heavy atom. The SMILES string of the molecule is CC(=O)Oc1ccc(C(=O)NCc2nc3ccccc3[nH]2)cc1. The number of rotatable bonds is 4. The van der Waals surface area contributed by atoms with Gasteiger partial charge in [-0.05, 0) is 36.4 Å². The predicted octanol–water partition coefficient (Wildman–Crippen LogP) is 2.42. The van der Waals surface area contributed by atoms with Crippen LogP contribution in [0.3, 0.4) is 0 Å². The average Bonchev–Trinajstić information content (AvgIpc) is 2.95. The highest BCUT2D eigenvalue weighted by Gasteiger charge is 2.08. The Morgan fingerprint density at radius 1 is 1.13 bits per heavy atom. The smallest absolute Gasteiger partial charge is 0.308 e. The topological polar surface area (TPSA) is 84.1 Å². The van der Waals surface area contributed by atoms with E-state index in [4.69, 9.17) is 4.74 Å². The predicted molar refractivity (Wildman–Crippen MR) is 85.0 cm³/mol. The lowest BCUT2D eigenvalue weighted by molar-refractivity contribution is -0.131. The Balaban J connectivity index is 1.63. The maximum absolute atomic E-state index is 12.1. The fraction of sp³-hybridized carbons (Fsp3) is 0.118. The van der Waals surface area contributed by atoms with Crippen molar-refractivity contribution in [1.29, 1.82) is 0 Å². The van der Waals surface area contributed by atoms with Crippen LogP contribution >= 0.6 is 0 Å². The van der Waals surface area contributed by atoms with Gasteiger partial charge in [-0.3, -0.25) is 9.59 Å². The number of nitrogens with one attached hydrogen (secondary N) is 2. The van der Waals surface area contributed by atoms with Gasteiger partial charge in [0, 0.05) is 12.5 Å². The second-order valence-corrected chi connectivity index (χ2v) is 5.00. The third-order valence-electron chi connectivity index (χ3n) is 3.23. The standard InChI is InChI=1S/C17H15N3O3/c1-11(21)23-13-8-6-12(7-9-13)17(22)18-10-16-19-14-4-2-3-5-15(14)20-16/h2-9H,10H2,1H3,(H,18,22)(H,19,20). The molecule has 2 N–H and O–H groups in total. The molecular formula is C17H15N3O3. The van der Waals surface area contributed by atoms with Gasteiger partial charge in [-0.15, -0.1) is 0 Å². The van der Waals surface area contributed by atoms with Crippen molar-refractivity contribution in [3.05, 3.63) is 59.9 Å². The largest absolute Gasteiger partial charge is 0.427 e. The van der Waals surface area contributed by atoms with Gasteiger partial charge in [-0.2, -0.15) is 0 Å². The Kier molecular flexibility index (Phi) is 4.05. The Labute approximate surface area is 132 Å². The third-order valence-corrected chi connectivity index (χ3v) is 3.23. The van der Waals surface area contributed by atoms with E-state index >= 15 is 0 Å². The molecule has 0 saturated heterocycles. The molecule has 0 bridgehead atoms. The second kappa shape index (κ2) is 6.31. The number of H-pyrrole nitrogens is 1. The minimum Gasteiger partial charge on any atom is -0.427 e. The van der Waals surface area contributed by atoms with Crippen LogP contribution in [0.2, 0.25) is 0 Å². The summed E-state index contributed by atoms with van der Waals surface area (Å²) in [5.74, 6) is 0.481. The molecule has 0 aliphatic carbocycles. The first-order chi connectivity index (χ1) is 11.1. The van der Waals surface area contributed by atoms with Crippen molar-refractivity contribution in [2.75, 3.05) is 0 Å². The molecule has 0 saturated carbocycles. The molecule has 6 heteroatoms. The van der Waals surface area contributed by atoms with Crippen molar-refractivity contribution in [2.24, 2.45) is 0 Å². The highest BCUT2D eigenvalue weighted by Crippen LogP contribution is 2.13. The normalized spacial score (nSPS) is 10.5. The van der Waals surface area contributed by atoms with Crippen molar-refractivity contribution in [1.82, 2.24) is 15.3 Å². The monoisotopic (exact) mass is 309 g/mol. The number of nitrogens with zero attached hydrogens (tertiary/aromatic N) is 1. The number of benzene rings is 2. The zero-order chi connectivity index (χ0) is 16.2. The molecule has 0 unspecified atom stereocenters. The third kappa shape index (κ3) is 3.55. The van der Waals surface area contributed by atoms with Crippen LogP contribution in [-0.4, -0.2) is 21.8 Å². The second-order valence-electron chi connectivity index (χ2n) is 5.00. The molecule has 3 aromatic rings. The molecule has 2 aromatic carbocycles. The minimum atomic E-state index is -0.396. The molecule has 116 valence electrons. The summed E-state index contributed by atoms with van der Waals surface area (Å²) >= 11 is 0. The summed E-state index contributed by atoms with van der Waals surface area (Å²) in [5, 5.41) is 2.80. The molecule has 0 aliphatic heterocycles. The van der Waals surface area contributed by atoms with Gasteiger partial charge in [-0.25, -0.2) is 4.98 Å². The molecule has 0 aliphatic rings. The van der Waals surface area contributed by atoms with Crippen LogP contribution in [0, 0.1) is 0 Å². The van der Waals surface area contributed by atoms with E-state index in [2.05, 4.69) is 15.3 Å². The van der Waals surface area contributed by atoms with Gasteiger partial charge in [0.25, 0.3) is 5.91 Å². The molecule has 23 heavy (non-hydrogen) atoms. The average molecular weight is 309 g/mol.